The van der Waals surface area contributed by atoms with E-state index in [1.54, 1.807) is 0 Å². The second-order valence-electron chi connectivity index (χ2n) is 3.54. The molecule has 0 aliphatic rings. The molecule has 0 saturated heterocycles. The Morgan fingerprint density at radius 3 is 2.75 bits per heavy atom. The monoisotopic (exact) mass is 214 g/mol. The van der Waals surface area contributed by atoms with Crippen LogP contribution in [-0.4, -0.2) is 6.10 Å². The molecule has 0 aromatic heterocycles. The highest BCUT2D eigenvalue weighted by Gasteiger charge is 2.03. The second-order valence-corrected chi connectivity index (χ2v) is 3.54. The van der Waals surface area contributed by atoms with Crippen molar-refractivity contribution in [3.63, 3.8) is 0 Å². The van der Waals surface area contributed by atoms with Crippen LogP contribution < -0.4 is 0 Å². The van der Waals surface area contributed by atoms with Gasteiger partial charge in [0.1, 0.15) is 0 Å². The summed E-state index contributed by atoms with van der Waals surface area (Å²) in [4.78, 5) is 0. The van der Waals surface area contributed by atoms with Crippen LogP contribution in [0, 0.1) is 11.8 Å². The van der Waals surface area contributed by atoms with E-state index in [0.717, 1.165) is 12.8 Å². The first-order valence-electron chi connectivity index (χ1n) is 5.54. The summed E-state index contributed by atoms with van der Waals surface area (Å²) in [6.07, 6.45) is 3.72. The normalized spacial score (nSPS) is 11.3. The molecule has 1 atom stereocenters. The lowest BCUT2D eigenvalue weighted by Gasteiger charge is -2.12. The highest BCUT2D eigenvalue weighted by molar-refractivity contribution is 5.13. The zero-order valence-corrected chi connectivity index (χ0v) is 9.78. The summed E-state index contributed by atoms with van der Waals surface area (Å²) in [5.41, 5.74) is 1.19. The van der Waals surface area contributed by atoms with Crippen molar-refractivity contribution in [1.82, 2.24) is 0 Å². The van der Waals surface area contributed by atoms with Crippen LogP contribution in [0.25, 0.3) is 0 Å². The highest BCUT2D eigenvalue weighted by Crippen LogP contribution is 2.08. The van der Waals surface area contributed by atoms with Crippen molar-refractivity contribution >= 4 is 0 Å². The topological polar surface area (TPSA) is 9.23 Å². The van der Waals surface area contributed by atoms with E-state index < -0.39 is 0 Å². The Morgan fingerprint density at radius 2 is 2.12 bits per heavy atom. The number of hydrogen-bond acceptors (Lipinski definition) is 1. The van der Waals surface area contributed by atoms with Gasteiger partial charge in [0.15, 0.2) is 0 Å². The van der Waals surface area contributed by atoms with E-state index in [1.165, 1.54) is 5.56 Å². The van der Waals surface area contributed by atoms with Gasteiger partial charge in [-0.1, -0.05) is 36.4 Å². The third kappa shape index (κ3) is 4.82. The average Bonchev–Trinajstić information content (AvgIpc) is 2.35. The Bertz CT molecular complexity index is 356. The Kier molecular flexibility index (Phi) is 6.06. The molecule has 1 aromatic rings. The summed E-state index contributed by atoms with van der Waals surface area (Å²) in [5.74, 6) is 5.91. The van der Waals surface area contributed by atoms with E-state index in [9.17, 15) is 0 Å². The molecule has 0 spiro atoms. The summed E-state index contributed by atoms with van der Waals surface area (Å²) in [5, 5.41) is 0. The molecule has 0 heterocycles. The predicted molar refractivity (Wildman–Crippen MR) is 67.9 cm³/mol. The third-order valence-electron chi connectivity index (χ3n) is 2.30. The first-order valence-corrected chi connectivity index (χ1v) is 5.54. The zero-order chi connectivity index (χ0) is 11.6. The molecular weight excluding hydrogens is 196 g/mol. The molecule has 0 bridgehead atoms. The molecule has 0 aliphatic carbocycles. The Balaban J connectivity index is 2.33. The first kappa shape index (κ1) is 12.5. The molecule has 1 rings (SSSR count). The summed E-state index contributed by atoms with van der Waals surface area (Å²) < 4.78 is 5.74. The molecule has 0 aliphatic heterocycles. The van der Waals surface area contributed by atoms with Gasteiger partial charge in [-0.25, -0.2) is 0 Å². The van der Waals surface area contributed by atoms with Gasteiger partial charge in [-0.15, -0.1) is 18.4 Å². The highest BCUT2D eigenvalue weighted by atomic mass is 16.5. The van der Waals surface area contributed by atoms with Crippen molar-refractivity contribution in [3.8, 4) is 11.8 Å². The van der Waals surface area contributed by atoms with Crippen LogP contribution in [0.5, 0.6) is 0 Å². The lowest BCUT2D eigenvalue weighted by molar-refractivity contribution is 0.0677. The molecule has 1 nitrogen and oxygen atoms in total. The zero-order valence-electron chi connectivity index (χ0n) is 9.78. The minimum atomic E-state index is 0.0982. The Labute approximate surface area is 98.1 Å². The van der Waals surface area contributed by atoms with Gasteiger partial charge in [0.25, 0.3) is 0 Å². The molecule has 1 aromatic carbocycles. The van der Waals surface area contributed by atoms with Gasteiger partial charge < -0.3 is 4.74 Å². The molecule has 0 amide bonds. The summed E-state index contributed by atoms with van der Waals surface area (Å²) in [6.45, 7) is 6.27. The Morgan fingerprint density at radius 1 is 1.38 bits per heavy atom. The largest absolute Gasteiger partial charge is 0.369 e. The lowest BCUT2D eigenvalue weighted by atomic mass is 10.2. The first-order chi connectivity index (χ1) is 7.86. The molecule has 0 N–H and O–H groups in total. The smallest absolute Gasteiger partial charge is 0.0766 e. The van der Waals surface area contributed by atoms with Crippen molar-refractivity contribution in [3.05, 3.63) is 48.6 Å². The van der Waals surface area contributed by atoms with Crippen LogP contribution in [0.3, 0.4) is 0 Å². The number of hydrogen-bond donors (Lipinski definition) is 0. The van der Waals surface area contributed by atoms with Crippen LogP contribution in [0.15, 0.2) is 43.0 Å². The molecule has 1 unspecified atom stereocenters. The van der Waals surface area contributed by atoms with Gasteiger partial charge >= 0.3 is 0 Å². The minimum absolute atomic E-state index is 0.0982. The fourth-order valence-electron chi connectivity index (χ4n) is 1.39. The van der Waals surface area contributed by atoms with E-state index in [1.807, 2.05) is 31.2 Å². The van der Waals surface area contributed by atoms with Gasteiger partial charge in [-0.3, -0.25) is 0 Å². The maximum Gasteiger partial charge on any atom is 0.0766 e. The van der Waals surface area contributed by atoms with Gasteiger partial charge in [-0.2, -0.15) is 0 Å². The molecule has 84 valence electrons. The quantitative estimate of drug-likeness (QED) is 0.519. The van der Waals surface area contributed by atoms with Gasteiger partial charge in [-0.05, 0) is 18.9 Å². The summed E-state index contributed by atoms with van der Waals surface area (Å²) in [6, 6.07) is 10.2. The second kappa shape index (κ2) is 7.73. The van der Waals surface area contributed by atoms with E-state index in [2.05, 4.69) is 30.6 Å². The van der Waals surface area contributed by atoms with Crippen molar-refractivity contribution in [1.29, 1.82) is 0 Å². The predicted octanol–water partition coefficient (Wildman–Crippen LogP) is 3.56. The van der Waals surface area contributed by atoms with Crippen molar-refractivity contribution in [2.45, 2.75) is 32.5 Å². The maximum absolute atomic E-state index is 5.74. The van der Waals surface area contributed by atoms with Crippen molar-refractivity contribution in [2.75, 3.05) is 0 Å². The van der Waals surface area contributed by atoms with Crippen LogP contribution in [0.1, 0.15) is 25.3 Å². The standard InChI is InChI=1S/C15H18O/c1-3-5-7-12-15(4-2)16-13-14-10-8-6-9-11-14/h4,6,8-11,15H,2,7,12-13H2,1H3. The van der Waals surface area contributed by atoms with E-state index in [0.29, 0.717) is 6.61 Å². The van der Waals surface area contributed by atoms with Gasteiger partial charge in [0.05, 0.1) is 12.7 Å². The van der Waals surface area contributed by atoms with Gasteiger partial charge in [0.2, 0.25) is 0 Å². The minimum Gasteiger partial charge on any atom is -0.369 e. The van der Waals surface area contributed by atoms with E-state index in [-0.39, 0.29) is 6.10 Å². The average molecular weight is 214 g/mol. The third-order valence-corrected chi connectivity index (χ3v) is 2.30. The Hall–Kier alpha value is -1.52. The lowest BCUT2D eigenvalue weighted by Crippen LogP contribution is -2.09. The molecular formula is C15H18O. The van der Waals surface area contributed by atoms with Crippen LogP contribution in [0.4, 0.5) is 0 Å². The maximum atomic E-state index is 5.74. The fourth-order valence-corrected chi connectivity index (χ4v) is 1.39. The number of benzene rings is 1. The van der Waals surface area contributed by atoms with Crippen LogP contribution in [-0.2, 0) is 11.3 Å². The molecule has 0 fully saturated rings. The molecule has 0 saturated carbocycles. The van der Waals surface area contributed by atoms with Gasteiger partial charge in [0, 0.05) is 6.42 Å². The number of rotatable bonds is 6. The van der Waals surface area contributed by atoms with E-state index >= 15 is 0 Å². The van der Waals surface area contributed by atoms with Crippen molar-refractivity contribution in [2.24, 2.45) is 0 Å². The summed E-state index contributed by atoms with van der Waals surface area (Å²) >= 11 is 0. The molecule has 0 radical (unpaired) electrons. The SMILES string of the molecule is C=CC(CCC#CC)OCc1ccccc1. The number of ether oxygens (including phenoxy) is 1. The van der Waals surface area contributed by atoms with Crippen LogP contribution in [0.2, 0.25) is 0 Å². The molecule has 16 heavy (non-hydrogen) atoms. The van der Waals surface area contributed by atoms with E-state index in [4.69, 9.17) is 4.74 Å². The fraction of sp³-hybridized carbons (Fsp3) is 0.333. The van der Waals surface area contributed by atoms with Crippen LogP contribution >= 0.6 is 0 Å². The summed E-state index contributed by atoms with van der Waals surface area (Å²) in [7, 11) is 0. The van der Waals surface area contributed by atoms with Crippen molar-refractivity contribution < 1.29 is 4.74 Å². The molecule has 1 heteroatoms.